The first-order valence-electron chi connectivity index (χ1n) is 7.77. The van der Waals surface area contributed by atoms with Crippen molar-refractivity contribution in [2.45, 2.75) is 24.5 Å². The van der Waals surface area contributed by atoms with Gasteiger partial charge in [-0.15, -0.1) is 11.3 Å². The molecule has 2 N–H and O–H groups in total. The summed E-state index contributed by atoms with van der Waals surface area (Å²) in [7, 11) is -3.75. The second-order valence-corrected chi connectivity index (χ2v) is 8.60. The average Bonchev–Trinajstić information content (AvgIpc) is 3.31. The molecule has 6 nitrogen and oxygen atoms in total. The number of rotatable bonds is 7. The second kappa shape index (κ2) is 7.55. The molecule has 3 rings (SSSR count). The van der Waals surface area contributed by atoms with Crippen LogP contribution in [-0.2, 0) is 16.6 Å². The van der Waals surface area contributed by atoms with E-state index in [9.17, 15) is 18.3 Å². The summed E-state index contributed by atoms with van der Waals surface area (Å²) in [6.45, 7) is 1.47. The van der Waals surface area contributed by atoms with E-state index >= 15 is 0 Å². The first kappa shape index (κ1) is 18.5. The van der Waals surface area contributed by atoms with E-state index in [0.29, 0.717) is 16.2 Å². The molecule has 0 radical (unpaired) electrons. The van der Waals surface area contributed by atoms with E-state index in [1.54, 1.807) is 30.3 Å². The van der Waals surface area contributed by atoms with E-state index in [-0.39, 0.29) is 17.2 Å². The zero-order valence-electron chi connectivity index (χ0n) is 13.9. The molecule has 0 saturated carbocycles. The number of carbonyl (C=O) groups is 1. The summed E-state index contributed by atoms with van der Waals surface area (Å²) in [4.78, 5) is 12.9. The number of ketones is 1. The summed E-state index contributed by atoms with van der Waals surface area (Å²) in [5, 5.41) is 10.2. The van der Waals surface area contributed by atoms with Crippen LogP contribution in [0.1, 0.15) is 38.9 Å². The fraction of sp³-hybridized carbons (Fsp3) is 0.167. The Hall–Kier alpha value is -2.26. The van der Waals surface area contributed by atoms with Crippen molar-refractivity contribution in [2.75, 3.05) is 0 Å². The summed E-state index contributed by atoms with van der Waals surface area (Å²) in [6, 6.07) is 12.8. The van der Waals surface area contributed by atoms with Gasteiger partial charge < -0.3 is 9.52 Å². The van der Waals surface area contributed by atoms with Crippen molar-refractivity contribution in [3.05, 3.63) is 75.9 Å². The molecule has 136 valence electrons. The lowest BCUT2D eigenvalue weighted by Crippen LogP contribution is -2.23. The van der Waals surface area contributed by atoms with Crippen LogP contribution in [0.5, 0.6) is 0 Å². The number of hydrogen-bond acceptors (Lipinski definition) is 6. The third kappa shape index (κ3) is 4.10. The van der Waals surface area contributed by atoms with Gasteiger partial charge in [-0.1, -0.05) is 12.1 Å². The lowest BCUT2D eigenvalue weighted by Gasteiger charge is -2.07. The molecule has 1 aromatic carbocycles. The van der Waals surface area contributed by atoms with E-state index in [1.165, 1.54) is 42.7 Å². The van der Waals surface area contributed by atoms with E-state index in [2.05, 4.69) is 4.72 Å². The number of sulfonamides is 1. The molecule has 0 saturated heterocycles. The summed E-state index contributed by atoms with van der Waals surface area (Å²) < 4.78 is 32.5. The standard InChI is InChI=1S/C18H17NO5S2/c1-12(20)13-4-2-5-15(10-13)26(22,23)19-11-14-7-8-17(25-14)18(21)16-6-3-9-24-16/h2-10,18-19,21H,11H2,1H3. The van der Waals surface area contributed by atoms with Crippen LogP contribution in [0.3, 0.4) is 0 Å². The Morgan fingerprint density at radius 3 is 2.73 bits per heavy atom. The van der Waals surface area contributed by atoms with E-state index < -0.39 is 16.1 Å². The molecule has 2 aromatic heterocycles. The van der Waals surface area contributed by atoms with Crippen LogP contribution in [0.4, 0.5) is 0 Å². The molecular weight excluding hydrogens is 374 g/mol. The fourth-order valence-corrected chi connectivity index (χ4v) is 4.45. The number of benzene rings is 1. The second-order valence-electron chi connectivity index (χ2n) is 5.63. The van der Waals surface area contributed by atoms with Gasteiger partial charge in [0.05, 0.1) is 11.2 Å². The molecule has 1 unspecified atom stereocenters. The van der Waals surface area contributed by atoms with Crippen LogP contribution < -0.4 is 4.72 Å². The number of nitrogens with one attached hydrogen (secondary N) is 1. The summed E-state index contributed by atoms with van der Waals surface area (Å²) in [5.74, 6) is 0.233. The van der Waals surface area contributed by atoms with Crippen molar-refractivity contribution < 1.29 is 22.7 Å². The molecule has 26 heavy (non-hydrogen) atoms. The zero-order chi connectivity index (χ0) is 18.7. The monoisotopic (exact) mass is 391 g/mol. The minimum Gasteiger partial charge on any atom is -0.466 e. The Labute approximate surface area is 155 Å². The highest BCUT2D eigenvalue weighted by molar-refractivity contribution is 7.89. The summed E-state index contributed by atoms with van der Waals surface area (Å²) in [5.41, 5.74) is 0.341. The van der Waals surface area contributed by atoms with Crippen molar-refractivity contribution in [2.24, 2.45) is 0 Å². The van der Waals surface area contributed by atoms with Gasteiger partial charge in [-0.3, -0.25) is 4.79 Å². The lowest BCUT2D eigenvalue weighted by molar-refractivity contribution is 0.101. The Kier molecular flexibility index (Phi) is 5.38. The zero-order valence-corrected chi connectivity index (χ0v) is 15.5. The summed E-state index contributed by atoms with van der Waals surface area (Å²) in [6.07, 6.45) is 0.601. The topological polar surface area (TPSA) is 96.6 Å². The van der Waals surface area contributed by atoms with Crippen LogP contribution >= 0.6 is 11.3 Å². The predicted molar refractivity (Wildman–Crippen MR) is 97.6 cm³/mol. The van der Waals surface area contributed by atoms with Crippen LogP contribution in [-0.4, -0.2) is 19.3 Å². The molecular formula is C18H17NO5S2. The number of thiophene rings is 1. The SMILES string of the molecule is CC(=O)c1cccc(S(=O)(=O)NCc2ccc(C(O)c3ccco3)s2)c1. The first-order chi connectivity index (χ1) is 12.4. The highest BCUT2D eigenvalue weighted by Crippen LogP contribution is 2.28. The van der Waals surface area contributed by atoms with Crippen LogP contribution in [0, 0.1) is 0 Å². The van der Waals surface area contributed by atoms with Crippen molar-refractivity contribution in [3.8, 4) is 0 Å². The van der Waals surface area contributed by atoms with E-state index in [4.69, 9.17) is 4.42 Å². The van der Waals surface area contributed by atoms with Crippen LogP contribution in [0.15, 0.2) is 64.1 Å². The number of carbonyl (C=O) groups excluding carboxylic acids is 1. The predicted octanol–water partition coefficient (Wildman–Crippen LogP) is 3.10. The number of aliphatic hydroxyl groups is 1. The molecule has 0 aliphatic carbocycles. The highest BCUT2D eigenvalue weighted by Gasteiger charge is 2.18. The molecule has 0 spiro atoms. The van der Waals surface area contributed by atoms with Crippen molar-refractivity contribution >= 4 is 27.1 Å². The average molecular weight is 391 g/mol. The fourth-order valence-electron chi connectivity index (χ4n) is 2.36. The lowest BCUT2D eigenvalue weighted by atomic mass is 10.2. The maximum absolute atomic E-state index is 12.4. The summed E-state index contributed by atoms with van der Waals surface area (Å²) >= 11 is 1.29. The quantitative estimate of drug-likeness (QED) is 0.603. The molecule has 0 aliphatic rings. The minimum absolute atomic E-state index is 0.0394. The Balaban J connectivity index is 1.71. The van der Waals surface area contributed by atoms with Crippen LogP contribution in [0.2, 0.25) is 0 Å². The molecule has 3 aromatic rings. The maximum Gasteiger partial charge on any atom is 0.240 e. The van der Waals surface area contributed by atoms with Crippen molar-refractivity contribution in [3.63, 3.8) is 0 Å². The van der Waals surface area contributed by atoms with Gasteiger partial charge in [0, 0.05) is 21.9 Å². The van der Waals surface area contributed by atoms with Gasteiger partial charge in [-0.25, -0.2) is 13.1 Å². The largest absolute Gasteiger partial charge is 0.466 e. The van der Waals surface area contributed by atoms with Gasteiger partial charge in [-0.05, 0) is 43.3 Å². The van der Waals surface area contributed by atoms with Gasteiger partial charge in [0.2, 0.25) is 10.0 Å². The highest BCUT2D eigenvalue weighted by atomic mass is 32.2. The number of hydrogen-bond donors (Lipinski definition) is 2. The van der Waals surface area contributed by atoms with Gasteiger partial charge in [0.25, 0.3) is 0 Å². The normalized spacial score (nSPS) is 12.8. The third-order valence-corrected chi connectivity index (χ3v) is 6.29. The van der Waals surface area contributed by atoms with E-state index in [1.807, 2.05) is 0 Å². The number of furan rings is 1. The Morgan fingerprint density at radius 1 is 1.23 bits per heavy atom. The number of Topliss-reactive ketones (excluding diaryl/α,β-unsaturated/α-hetero) is 1. The molecule has 0 aliphatic heterocycles. The third-order valence-electron chi connectivity index (χ3n) is 3.75. The Bertz CT molecular complexity index is 1010. The maximum atomic E-state index is 12.4. The molecule has 0 fully saturated rings. The smallest absolute Gasteiger partial charge is 0.240 e. The Morgan fingerprint density at radius 2 is 2.04 bits per heavy atom. The minimum atomic E-state index is -3.75. The van der Waals surface area contributed by atoms with Gasteiger partial charge in [0.15, 0.2) is 5.78 Å². The molecule has 1 atom stereocenters. The molecule has 8 heteroatoms. The van der Waals surface area contributed by atoms with Crippen molar-refractivity contribution in [1.82, 2.24) is 4.72 Å². The first-order valence-corrected chi connectivity index (χ1v) is 10.1. The van der Waals surface area contributed by atoms with Gasteiger partial charge in [-0.2, -0.15) is 0 Å². The van der Waals surface area contributed by atoms with Gasteiger partial charge >= 0.3 is 0 Å². The molecule has 2 heterocycles. The van der Waals surface area contributed by atoms with Gasteiger partial charge in [0.1, 0.15) is 11.9 Å². The number of aliphatic hydroxyl groups excluding tert-OH is 1. The molecule has 0 bridgehead atoms. The van der Waals surface area contributed by atoms with Crippen molar-refractivity contribution in [1.29, 1.82) is 0 Å². The molecule has 0 amide bonds. The van der Waals surface area contributed by atoms with E-state index in [0.717, 1.165) is 4.88 Å². The van der Waals surface area contributed by atoms with Crippen LogP contribution in [0.25, 0.3) is 0 Å².